The van der Waals surface area contributed by atoms with Crippen LogP contribution in [0.4, 0.5) is 24.8 Å². The smallest absolute Gasteiger partial charge is 0.370 e. The number of alkyl halides is 3. The van der Waals surface area contributed by atoms with Crippen molar-refractivity contribution in [2.45, 2.75) is 19.5 Å². The summed E-state index contributed by atoms with van der Waals surface area (Å²) >= 11 is 0. The lowest BCUT2D eigenvalue weighted by Gasteiger charge is -2.17. The van der Waals surface area contributed by atoms with Crippen LogP contribution >= 0.6 is 0 Å². The normalized spacial score (nSPS) is 18.0. The highest BCUT2D eigenvalue weighted by molar-refractivity contribution is 5.40. The highest BCUT2D eigenvalue weighted by Gasteiger charge is 2.33. The Hall–Kier alpha value is -2.38. The van der Waals surface area contributed by atoms with E-state index in [1.165, 1.54) is 6.07 Å². The molecule has 0 saturated carbocycles. The average Bonchev–Trinajstić information content (AvgIpc) is 3.01. The minimum atomic E-state index is -4.45. The van der Waals surface area contributed by atoms with Gasteiger partial charge in [0.1, 0.15) is 5.82 Å². The lowest BCUT2D eigenvalue weighted by atomic mass is 10.1. The molecule has 3 rings (SSSR count). The Kier molecular flexibility index (Phi) is 4.55. The lowest BCUT2D eigenvalue weighted by molar-refractivity contribution is -0.141. The molecule has 0 aliphatic carbocycles. The lowest BCUT2D eigenvalue weighted by Crippen LogP contribution is -2.24. The van der Waals surface area contributed by atoms with Gasteiger partial charge in [-0.15, -0.1) is 10.2 Å². The summed E-state index contributed by atoms with van der Waals surface area (Å²) in [6.45, 7) is 4.19. The van der Waals surface area contributed by atoms with Gasteiger partial charge in [-0.1, -0.05) is 6.07 Å². The van der Waals surface area contributed by atoms with Crippen molar-refractivity contribution in [3.05, 3.63) is 41.7 Å². The zero-order chi connectivity index (χ0) is 17.2. The predicted molar refractivity (Wildman–Crippen MR) is 84.8 cm³/mol. The monoisotopic (exact) mass is 337 g/mol. The summed E-state index contributed by atoms with van der Waals surface area (Å²) in [7, 11) is 0. The van der Waals surface area contributed by atoms with Crippen molar-refractivity contribution in [2.24, 2.45) is 5.92 Å². The fourth-order valence-corrected chi connectivity index (χ4v) is 2.74. The Balaban J connectivity index is 1.55. The number of nitrogens with one attached hydrogen (secondary N) is 1. The van der Waals surface area contributed by atoms with Crippen LogP contribution in [0, 0.1) is 12.8 Å². The first-order valence-electron chi connectivity index (χ1n) is 7.75. The van der Waals surface area contributed by atoms with Gasteiger partial charge in [0.2, 0.25) is 0 Å². The van der Waals surface area contributed by atoms with E-state index in [4.69, 9.17) is 0 Å². The molecule has 1 fully saturated rings. The molecular formula is C16H18F3N5. The standard InChI is InChI=1S/C16H18F3N5/c1-11-3-2-4-14(21-11)20-9-12-7-8-24(10-12)15-6-5-13(22-23-15)16(17,18)19/h2-6,12H,7-10H2,1H3,(H,20,21). The molecule has 1 N–H and O–H groups in total. The second-order valence-corrected chi connectivity index (χ2v) is 5.92. The van der Waals surface area contributed by atoms with Crippen LogP contribution in [0.2, 0.25) is 0 Å². The molecule has 0 radical (unpaired) electrons. The molecule has 24 heavy (non-hydrogen) atoms. The second-order valence-electron chi connectivity index (χ2n) is 5.92. The molecule has 0 aromatic carbocycles. The summed E-state index contributed by atoms with van der Waals surface area (Å²) in [5, 5.41) is 10.3. The number of anilines is 2. The maximum absolute atomic E-state index is 12.5. The van der Waals surface area contributed by atoms with Gasteiger partial charge in [-0.3, -0.25) is 0 Å². The molecule has 5 nitrogen and oxygen atoms in total. The van der Waals surface area contributed by atoms with Crippen LogP contribution in [0.3, 0.4) is 0 Å². The van der Waals surface area contributed by atoms with Crippen LogP contribution in [0.1, 0.15) is 17.8 Å². The van der Waals surface area contributed by atoms with Gasteiger partial charge in [0, 0.05) is 25.3 Å². The summed E-state index contributed by atoms with van der Waals surface area (Å²) in [5.41, 5.74) is -0.0118. The molecule has 2 aromatic heterocycles. The molecule has 0 bridgehead atoms. The van der Waals surface area contributed by atoms with E-state index in [9.17, 15) is 13.2 Å². The minimum absolute atomic E-state index is 0.386. The van der Waals surface area contributed by atoms with E-state index >= 15 is 0 Å². The van der Waals surface area contributed by atoms with E-state index in [-0.39, 0.29) is 0 Å². The van der Waals surface area contributed by atoms with Crippen LogP contribution in [0.25, 0.3) is 0 Å². The van der Waals surface area contributed by atoms with Gasteiger partial charge < -0.3 is 10.2 Å². The Labute approximate surface area is 137 Å². The van der Waals surface area contributed by atoms with Crippen LogP contribution in [0.5, 0.6) is 0 Å². The Morgan fingerprint density at radius 1 is 1.21 bits per heavy atom. The summed E-state index contributed by atoms with van der Waals surface area (Å²) in [5.74, 6) is 1.71. The molecule has 3 heterocycles. The van der Waals surface area contributed by atoms with Crippen LogP contribution in [-0.4, -0.2) is 34.8 Å². The van der Waals surface area contributed by atoms with E-state index in [2.05, 4.69) is 20.5 Å². The highest BCUT2D eigenvalue weighted by Crippen LogP contribution is 2.28. The molecule has 1 unspecified atom stereocenters. The quantitative estimate of drug-likeness (QED) is 0.929. The van der Waals surface area contributed by atoms with Crippen molar-refractivity contribution in [3.63, 3.8) is 0 Å². The van der Waals surface area contributed by atoms with Crippen molar-refractivity contribution < 1.29 is 13.2 Å². The Morgan fingerprint density at radius 2 is 2.04 bits per heavy atom. The zero-order valence-corrected chi connectivity index (χ0v) is 13.2. The molecule has 0 spiro atoms. The molecular weight excluding hydrogens is 319 g/mol. The molecule has 1 saturated heterocycles. The third kappa shape index (κ3) is 3.93. The highest BCUT2D eigenvalue weighted by atomic mass is 19.4. The number of pyridine rings is 1. The van der Waals surface area contributed by atoms with Gasteiger partial charge >= 0.3 is 6.18 Å². The maximum Gasteiger partial charge on any atom is 0.435 e. The molecule has 128 valence electrons. The first-order valence-corrected chi connectivity index (χ1v) is 7.75. The number of hydrogen-bond donors (Lipinski definition) is 1. The predicted octanol–water partition coefficient (Wildman–Crippen LogP) is 3.14. The van der Waals surface area contributed by atoms with Gasteiger partial charge in [0.05, 0.1) is 0 Å². The van der Waals surface area contributed by atoms with Gasteiger partial charge in [-0.25, -0.2) is 4.98 Å². The number of nitrogens with zero attached hydrogens (tertiary/aromatic N) is 4. The molecule has 1 atom stereocenters. The van der Waals surface area contributed by atoms with Crippen LogP contribution in [0.15, 0.2) is 30.3 Å². The first-order chi connectivity index (χ1) is 11.4. The Bertz CT molecular complexity index is 687. The van der Waals surface area contributed by atoms with Crippen LogP contribution in [-0.2, 0) is 6.18 Å². The summed E-state index contributed by atoms with van der Waals surface area (Å²) in [6.07, 6.45) is -3.51. The first kappa shape index (κ1) is 16.5. The fourth-order valence-electron chi connectivity index (χ4n) is 2.74. The molecule has 8 heteroatoms. The molecule has 0 amide bonds. The fraction of sp³-hybridized carbons (Fsp3) is 0.438. The molecule has 2 aromatic rings. The van der Waals surface area contributed by atoms with Crippen LogP contribution < -0.4 is 10.2 Å². The largest absolute Gasteiger partial charge is 0.435 e. The van der Waals surface area contributed by atoms with Crippen molar-refractivity contribution in [1.82, 2.24) is 15.2 Å². The van der Waals surface area contributed by atoms with Gasteiger partial charge in [-0.2, -0.15) is 13.2 Å². The number of aromatic nitrogens is 3. The average molecular weight is 337 g/mol. The van der Waals surface area contributed by atoms with Crippen molar-refractivity contribution in [1.29, 1.82) is 0 Å². The number of hydrogen-bond acceptors (Lipinski definition) is 5. The summed E-state index contributed by atoms with van der Waals surface area (Å²) < 4.78 is 37.6. The third-order valence-electron chi connectivity index (χ3n) is 4.01. The summed E-state index contributed by atoms with van der Waals surface area (Å²) in [6, 6.07) is 8.16. The molecule has 1 aliphatic heterocycles. The van der Waals surface area contributed by atoms with E-state index in [0.29, 0.717) is 11.7 Å². The number of rotatable bonds is 4. The SMILES string of the molecule is Cc1cccc(NCC2CCN(c3ccc(C(F)(F)F)nn3)C2)n1. The van der Waals surface area contributed by atoms with E-state index < -0.39 is 11.9 Å². The van der Waals surface area contributed by atoms with E-state index in [1.807, 2.05) is 30.0 Å². The minimum Gasteiger partial charge on any atom is -0.370 e. The second kappa shape index (κ2) is 6.62. The van der Waals surface area contributed by atoms with E-state index in [1.54, 1.807) is 0 Å². The van der Waals surface area contributed by atoms with E-state index in [0.717, 1.165) is 43.6 Å². The summed E-state index contributed by atoms with van der Waals surface area (Å²) in [4.78, 5) is 6.35. The molecule has 1 aliphatic rings. The van der Waals surface area contributed by atoms with Gasteiger partial charge in [0.25, 0.3) is 0 Å². The number of halogens is 3. The van der Waals surface area contributed by atoms with Crippen molar-refractivity contribution >= 4 is 11.6 Å². The van der Waals surface area contributed by atoms with Gasteiger partial charge in [0.15, 0.2) is 11.5 Å². The van der Waals surface area contributed by atoms with Crippen molar-refractivity contribution in [3.8, 4) is 0 Å². The third-order valence-corrected chi connectivity index (χ3v) is 4.01. The van der Waals surface area contributed by atoms with Gasteiger partial charge in [-0.05, 0) is 43.5 Å². The number of aryl methyl sites for hydroxylation is 1. The maximum atomic E-state index is 12.5. The Morgan fingerprint density at radius 3 is 2.71 bits per heavy atom. The zero-order valence-electron chi connectivity index (χ0n) is 13.2. The van der Waals surface area contributed by atoms with Crippen molar-refractivity contribution in [2.75, 3.05) is 29.9 Å². The topological polar surface area (TPSA) is 53.9 Å².